The molecule has 4 heterocycles. The third-order valence-corrected chi connectivity index (χ3v) is 5.47. The SMILES string of the molecule is COCc1cc(N2CCOCC2)nc(SCc2ccc(C(=O)NCc3ccco3)o2)n1. The van der Waals surface area contributed by atoms with Gasteiger partial charge in [0, 0.05) is 26.3 Å². The number of nitrogens with one attached hydrogen (secondary N) is 1. The van der Waals surface area contributed by atoms with E-state index < -0.39 is 0 Å². The molecule has 1 saturated heterocycles. The summed E-state index contributed by atoms with van der Waals surface area (Å²) >= 11 is 1.45. The van der Waals surface area contributed by atoms with Crippen molar-refractivity contribution in [1.82, 2.24) is 15.3 Å². The molecule has 9 nitrogen and oxygen atoms in total. The van der Waals surface area contributed by atoms with Crippen molar-refractivity contribution in [3.63, 3.8) is 0 Å². The van der Waals surface area contributed by atoms with Crippen LogP contribution in [0, 0.1) is 0 Å². The van der Waals surface area contributed by atoms with Crippen LogP contribution in [0.15, 0.2) is 50.6 Å². The lowest BCUT2D eigenvalue weighted by atomic mass is 10.3. The summed E-state index contributed by atoms with van der Waals surface area (Å²) in [6.45, 7) is 3.67. The largest absolute Gasteiger partial charge is 0.467 e. The van der Waals surface area contributed by atoms with Gasteiger partial charge in [0.2, 0.25) is 0 Å². The Morgan fingerprint density at radius 2 is 2.10 bits per heavy atom. The van der Waals surface area contributed by atoms with Crippen LogP contribution in [0.2, 0.25) is 0 Å². The van der Waals surface area contributed by atoms with E-state index in [1.54, 1.807) is 37.6 Å². The molecular formula is C21H24N4O5S. The van der Waals surface area contributed by atoms with Gasteiger partial charge in [0.05, 0.1) is 44.1 Å². The van der Waals surface area contributed by atoms with E-state index in [-0.39, 0.29) is 11.7 Å². The minimum absolute atomic E-state index is 0.255. The van der Waals surface area contributed by atoms with E-state index in [9.17, 15) is 4.79 Å². The predicted molar refractivity (Wildman–Crippen MR) is 114 cm³/mol. The standard InChI is InChI=1S/C21H24N4O5S/c1-27-13-15-11-19(25-6-9-28-10-7-25)24-21(23-15)31-14-17-4-5-18(30-17)20(26)22-12-16-3-2-8-29-16/h2-5,8,11H,6-7,9-10,12-14H2,1H3,(H,22,26). The Bertz CT molecular complexity index is 986. The number of amides is 1. The highest BCUT2D eigenvalue weighted by Crippen LogP contribution is 2.24. The van der Waals surface area contributed by atoms with Crippen LogP contribution < -0.4 is 10.2 Å². The number of aromatic nitrogens is 2. The number of morpholine rings is 1. The Hall–Kier alpha value is -2.82. The van der Waals surface area contributed by atoms with E-state index in [1.165, 1.54) is 11.8 Å². The molecule has 31 heavy (non-hydrogen) atoms. The Morgan fingerprint density at radius 1 is 1.23 bits per heavy atom. The van der Waals surface area contributed by atoms with E-state index in [1.807, 2.05) is 6.07 Å². The fourth-order valence-corrected chi connectivity index (χ4v) is 3.85. The average Bonchev–Trinajstić information content (AvgIpc) is 3.49. The Morgan fingerprint density at radius 3 is 2.87 bits per heavy atom. The topological polar surface area (TPSA) is 103 Å². The summed E-state index contributed by atoms with van der Waals surface area (Å²) < 4.78 is 21.6. The number of anilines is 1. The second-order valence-electron chi connectivity index (χ2n) is 6.85. The van der Waals surface area contributed by atoms with Crippen LogP contribution in [0.3, 0.4) is 0 Å². The minimum atomic E-state index is -0.291. The number of hydrogen-bond donors (Lipinski definition) is 1. The van der Waals surface area contributed by atoms with Crippen LogP contribution in [-0.2, 0) is 28.4 Å². The molecule has 10 heteroatoms. The summed E-state index contributed by atoms with van der Waals surface area (Å²) in [6, 6.07) is 8.98. The third-order valence-electron chi connectivity index (χ3n) is 4.60. The van der Waals surface area contributed by atoms with Gasteiger partial charge in [-0.3, -0.25) is 4.79 Å². The monoisotopic (exact) mass is 444 g/mol. The van der Waals surface area contributed by atoms with Crippen LogP contribution in [-0.4, -0.2) is 49.3 Å². The van der Waals surface area contributed by atoms with E-state index in [2.05, 4.69) is 20.2 Å². The first-order valence-corrected chi connectivity index (χ1v) is 10.9. The number of methoxy groups -OCH3 is 1. The molecule has 1 amide bonds. The lowest BCUT2D eigenvalue weighted by molar-refractivity contribution is 0.0919. The van der Waals surface area contributed by atoms with Gasteiger partial charge in [0.25, 0.3) is 5.91 Å². The molecular weight excluding hydrogens is 420 g/mol. The van der Waals surface area contributed by atoms with E-state index in [0.29, 0.717) is 48.8 Å². The molecule has 0 radical (unpaired) electrons. The van der Waals surface area contributed by atoms with Gasteiger partial charge in [0.1, 0.15) is 17.3 Å². The molecule has 0 bridgehead atoms. The molecule has 1 aliphatic heterocycles. The maximum absolute atomic E-state index is 12.3. The summed E-state index contributed by atoms with van der Waals surface area (Å²) in [5.74, 6) is 2.68. The number of thioether (sulfide) groups is 1. The molecule has 0 aromatic carbocycles. The van der Waals surface area contributed by atoms with Crippen molar-refractivity contribution in [2.24, 2.45) is 0 Å². The Labute approximate surface area is 184 Å². The van der Waals surface area contributed by atoms with Crippen LogP contribution in [0.1, 0.15) is 27.8 Å². The lowest BCUT2D eigenvalue weighted by Gasteiger charge is -2.28. The van der Waals surface area contributed by atoms with Crippen LogP contribution in [0.5, 0.6) is 0 Å². The van der Waals surface area contributed by atoms with Gasteiger partial charge in [-0.05, 0) is 24.3 Å². The lowest BCUT2D eigenvalue weighted by Crippen LogP contribution is -2.37. The first-order chi connectivity index (χ1) is 15.2. The average molecular weight is 445 g/mol. The van der Waals surface area contributed by atoms with Gasteiger partial charge >= 0.3 is 0 Å². The molecule has 1 N–H and O–H groups in total. The van der Waals surface area contributed by atoms with E-state index in [4.69, 9.17) is 18.3 Å². The van der Waals surface area contributed by atoms with Crippen LogP contribution >= 0.6 is 11.8 Å². The van der Waals surface area contributed by atoms with Gasteiger partial charge < -0.3 is 28.5 Å². The minimum Gasteiger partial charge on any atom is -0.467 e. The summed E-state index contributed by atoms with van der Waals surface area (Å²) in [4.78, 5) is 23.7. The highest BCUT2D eigenvalue weighted by molar-refractivity contribution is 7.98. The van der Waals surface area contributed by atoms with Crippen molar-refractivity contribution in [3.8, 4) is 0 Å². The molecule has 0 unspecified atom stereocenters. The van der Waals surface area contributed by atoms with Crippen LogP contribution in [0.4, 0.5) is 5.82 Å². The number of furan rings is 2. The molecule has 3 aromatic rings. The summed E-state index contributed by atoms with van der Waals surface area (Å²) in [5.41, 5.74) is 0.818. The summed E-state index contributed by atoms with van der Waals surface area (Å²) in [5, 5.41) is 3.40. The van der Waals surface area contributed by atoms with Gasteiger partial charge in [-0.2, -0.15) is 0 Å². The van der Waals surface area contributed by atoms with Gasteiger partial charge in [-0.25, -0.2) is 9.97 Å². The highest BCUT2D eigenvalue weighted by atomic mass is 32.2. The predicted octanol–water partition coefficient (Wildman–Crippen LogP) is 2.87. The molecule has 0 aliphatic carbocycles. The first-order valence-electron chi connectivity index (χ1n) is 9.93. The zero-order chi connectivity index (χ0) is 21.5. The maximum Gasteiger partial charge on any atom is 0.287 e. The number of carbonyl (C=O) groups is 1. The summed E-state index contributed by atoms with van der Waals surface area (Å²) in [7, 11) is 1.64. The quantitative estimate of drug-likeness (QED) is 0.394. The molecule has 4 rings (SSSR count). The summed E-state index contributed by atoms with van der Waals surface area (Å²) in [6.07, 6.45) is 1.57. The maximum atomic E-state index is 12.3. The van der Waals surface area contributed by atoms with Crippen molar-refractivity contribution in [2.75, 3.05) is 38.3 Å². The first kappa shape index (κ1) is 21.4. The molecule has 0 atom stereocenters. The highest BCUT2D eigenvalue weighted by Gasteiger charge is 2.16. The van der Waals surface area contributed by atoms with Gasteiger partial charge in [-0.15, -0.1) is 0 Å². The zero-order valence-corrected chi connectivity index (χ0v) is 18.0. The second-order valence-corrected chi connectivity index (χ2v) is 7.79. The number of carbonyl (C=O) groups excluding carboxylic acids is 1. The number of rotatable bonds is 9. The molecule has 0 saturated carbocycles. The smallest absolute Gasteiger partial charge is 0.287 e. The van der Waals surface area contributed by atoms with Crippen molar-refractivity contribution in [3.05, 3.63) is 59.6 Å². The fraction of sp³-hybridized carbons (Fsp3) is 0.381. The van der Waals surface area contributed by atoms with Crippen molar-refractivity contribution in [2.45, 2.75) is 24.1 Å². The second kappa shape index (κ2) is 10.5. The third kappa shape index (κ3) is 5.87. The van der Waals surface area contributed by atoms with E-state index in [0.717, 1.165) is 24.6 Å². The number of hydrogen-bond acceptors (Lipinski definition) is 9. The zero-order valence-electron chi connectivity index (χ0n) is 17.2. The normalized spacial score (nSPS) is 14.0. The van der Waals surface area contributed by atoms with Gasteiger partial charge in [-0.1, -0.05) is 11.8 Å². The fourth-order valence-electron chi connectivity index (χ4n) is 3.08. The van der Waals surface area contributed by atoms with Crippen molar-refractivity contribution in [1.29, 1.82) is 0 Å². The number of ether oxygens (including phenoxy) is 2. The Balaban J connectivity index is 1.38. The Kier molecular flexibility index (Phi) is 7.23. The molecule has 1 fully saturated rings. The van der Waals surface area contributed by atoms with Crippen molar-refractivity contribution >= 4 is 23.5 Å². The van der Waals surface area contributed by atoms with E-state index >= 15 is 0 Å². The molecule has 3 aromatic heterocycles. The number of nitrogens with zero attached hydrogens (tertiary/aromatic N) is 3. The molecule has 1 aliphatic rings. The molecule has 0 spiro atoms. The molecule has 164 valence electrons. The van der Waals surface area contributed by atoms with Gasteiger partial charge in [0.15, 0.2) is 10.9 Å². The van der Waals surface area contributed by atoms with Crippen LogP contribution in [0.25, 0.3) is 0 Å². The van der Waals surface area contributed by atoms with Crippen molar-refractivity contribution < 1.29 is 23.1 Å².